The van der Waals surface area contributed by atoms with Crippen molar-refractivity contribution >= 4 is 53.3 Å². The summed E-state index contributed by atoms with van der Waals surface area (Å²) in [6.07, 6.45) is -8.61. The number of nitrogens with two attached hydrogens (primary N) is 2. The largest absolute Gasteiger partial charge is 0.480 e. The number of primary amides is 1. The molecular formula is C32H54N8O16. The van der Waals surface area contributed by atoms with Gasteiger partial charge in [-0.2, -0.15) is 0 Å². The molecule has 0 saturated carbocycles. The number of carboxylic acids is 2. The fourth-order valence-corrected chi connectivity index (χ4v) is 5.16. The molecule has 56 heavy (non-hydrogen) atoms. The molecule has 0 aromatic carbocycles. The van der Waals surface area contributed by atoms with Gasteiger partial charge in [0.05, 0.1) is 12.6 Å². The lowest BCUT2D eigenvalue weighted by atomic mass is 9.96. The van der Waals surface area contributed by atoms with Crippen molar-refractivity contribution in [2.75, 3.05) is 6.61 Å². The minimum absolute atomic E-state index is 0.0241. The lowest BCUT2D eigenvalue weighted by molar-refractivity contribution is -0.266. The third-order valence-corrected chi connectivity index (χ3v) is 8.51. The second kappa shape index (κ2) is 23.2. The number of aliphatic hydroxyl groups excluding tert-OH is 3. The molecule has 0 aromatic heterocycles. The smallest absolute Gasteiger partial charge is 0.326 e. The lowest BCUT2D eigenvalue weighted by Crippen LogP contribution is -2.65. The van der Waals surface area contributed by atoms with E-state index in [4.69, 9.17) is 26.0 Å². The number of carbonyl (C=O) groups is 9. The van der Waals surface area contributed by atoms with Crippen molar-refractivity contribution in [1.29, 1.82) is 0 Å². The molecule has 1 saturated heterocycles. The average Bonchev–Trinajstić information content (AvgIpc) is 3.11. The summed E-state index contributed by atoms with van der Waals surface area (Å²) in [4.78, 5) is 110. The Morgan fingerprint density at radius 3 is 1.80 bits per heavy atom. The van der Waals surface area contributed by atoms with Gasteiger partial charge in [0.25, 0.3) is 0 Å². The van der Waals surface area contributed by atoms with Gasteiger partial charge in [0.15, 0.2) is 6.29 Å². The van der Waals surface area contributed by atoms with Crippen LogP contribution >= 0.6 is 0 Å². The summed E-state index contributed by atoms with van der Waals surface area (Å²) < 4.78 is 10.7. The highest BCUT2D eigenvalue weighted by Gasteiger charge is 2.47. The van der Waals surface area contributed by atoms with Gasteiger partial charge >= 0.3 is 11.9 Å². The van der Waals surface area contributed by atoms with Gasteiger partial charge in [-0.3, -0.25) is 38.4 Å². The van der Waals surface area contributed by atoms with E-state index in [9.17, 15) is 63.6 Å². The standard InChI is InChI=1S/C32H54N8O16/c1-12(26(46)37-14(3)30(50)51)36-29(49)18(8-6-7-17(33)25(34)45)39-21(43)10-9-19(31(52)53)40-27(47)13(2)35-28(48)15(4)55-24-22(38-16(5)42)32(54)56-20(11-41)23(24)44/h12-15,17-20,22-24,32,41,44,54H,6-11,33H2,1-5H3,(H2,34,45)(H,35,48)(H,36,49)(H,37,46)(H,38,42)(H,39,43)(H,40,47)(H,50,51)(H,52,53)/t12-,13-,14+,15+,17+,18-,19+,20-,22-,23-,24-,32-/m0/s1. The van der Waals surface area contributed by atoms with Crippen molar-refractivity contribution in [3.05, 3.63) is 0 Å². The Hall–Kier alpha value is -5.01. The fraction of sp³-hybridized carbons (Fsp3) is 0.719. The summed E-state index contributed by atoms with van der Waals surface area (Å²) in [5, 5.41) is 62.8. The summed E-state index contributed by atoms with van der Waals surface area (Å²) in [6, 6.07) is -9.33. The van der Waals surface area contributed by atoms with E-state index in [0.717, 1.165) is 6.92 Å². The summed E-state index contributed by atoms with van der Waals surface area (Å²) in [6.45, 7) is 5.27. The van der Waals surface area contributed by atoms with E-state index in [1.807, 2.05) is 0 Å². The number of carbonyl (C=O) groups excluding carboxylic acids is 7. The Labute approximate surface area is 321 Å². The van der Waals surface area contributed by atoms with Crippen molar-refractivity contribution < 1.29 is 78.2 Å². The van der Waals surface area contributed by atoms with Gasteiger partial charge in [-0.15, -0.1) is 0 Å². The number of nitrogens with one attached hydrogen (secondary N) is 6. The molecule has 1 aliphatic rings. The molecule has 0 bridgehead atoms. The molecule has 0 radical (unpaired) electrons. The van der Waals surface area contributed by atoms with Crippen LogP contribution in [0.5, 0.6) is 0 Å². The molecule has 15 N–H and O–H groups in total. The zero-order chi connectivity index (χ0) is 43.0. The maximum atomic E-state index is 13.1. The highest BCUT2D eigenvalue weighted by atomic mass is 16.6. The molecule has 1 heterocycles. The van der Waals surface area contributed by atoms with Crippen molar-refractivity contribution in [1.82, 2.24) is 31.9 Å². The van der Waals surface area contributed by atoms with Gasteiger partial charge < -0.3 is 78.4 Å². The predicted octanol–water partition coefficient (Wildman–Crippen LogP) is -6.25. The maximum Gasteiger partial charge on any atom is 0.326 e. The number of rotatable bonds is 23. The van der Waals surface area contributed by atoms with E-state index < -0.39 is 146 Å². The van der Waals surface area contributed by atoms with Gasteiger partial charge in [0.1, 0.15) is 60.7 Å². The summed E-state index contributed by atoms with van der Waals surface area (Å²) >= 11 is 0. The predicted molar refractivity (Wildman–Crippen MR) is 188 cm³/mol. The highest BCUT2D eigenvalue weighted by Crippen LogP contribution is 2.24. The van der Waals surface area contributed by atoms with Crippen molar-refractivity contribution in [3.63, 3.8) is 0 Å². The Bertz CT molecular complexity index is 1430. The van der Waals surface area contributed by atoms with Crippen molar-refractivity contribution in [2.24, 2.45) is 11.5 Å². The molecule has 7 amide bonds. The second-order valence-corrected chi connectivity index (χ2v) is 13.2. The Balaban J connectivity index is 2.91. The van der Waals surface area contributed by atoms with E-state index in [1.54, 1.807) is 0 Å². The SMILES string of the molecule is CC(=O)N[C@H]1[C@H](O[C@H](C)C(=O)N[C@@H](C)C(=O)N[C@H](CCC(=O)N[C@@H](CCC[C@@H](N)C(N)=O)C(=O)N[C@@H](C)C(=O)N[C@H](C)C(=O)O)C(=O)O)[C@@H](O)[C@H](CO)O[C@@H]1O. The van der Waals surface area contributed by atoms with E-state index in [1.165, 1.54) is 27.7 Å². The number of hydrogen-bond donors (Lipinski definition) is 13. The molecule has 1 aliphatic heterocycles. The number of ether oxygens (including phenoxy) is 2. The molecule has 24 nitrogen and oxygen atoms in total. The van der Waals surface area contributed by atoms with Crippen LogP contribution in [0.2, 0.25) is 0 Å². The first-order valence-corrected chi connectivity index (χ1v) is 17.6. The van der Waals surface area contributed by atoms with Crippen LogP contribution in [-0.4, -0.2) is 158 Å². The molecular weight excluding hydrogens is 752 g/mol. The molecule has 0 spiro atoms. The number of hydrogen-bond acceptors (Lipinski definition) is 15. The molecule has 1 fully saturated rings. The molecule has 318 valence electrons. The number of carboxylic acid groups (broad SMARTS) is 2. The van der Waals surface area contributed by atoms with Crippen LogP contribution in [0.1, 0.15) is 66.7 Å². The van der Waals surface area contributed by atoms with Gasteiger partial charge in [-0.25, -0.2) is 4.79 Å². The monoisotopic (exact) mass is 806 g/mol. The normalized spacial score (nSPS) is 23.0. The first-order valence-electron chi connectivity index (χ1n) is 17.6. The zero-order valence-corrected chi connectivity index (χ0v) is 31.6. The van der Waals surface area contributed by atoms with E-state index in [0.29, 0.717) is 0 Å². The molecule has 12 atom stereocenters. The Morgan fingerprint density at radius 2 is 1.29 bits per heavy atom. The molecule has 0 aliphatic carbocycles. The summed E-state index contributed by atoms with van der Waals surface area (Å²) in [5.41, 5.74) is 10.8. The maximum absolute atomic E-state index is 13.1. The minimum atomic E-state index is -1.73. The Morgan fingerprint density at radius 1 is 0.732 bits per heavy atom. The topological polar surface area (TPSA) is 397 Å². The molecule has 0 unspecified atom stereocenters. The van der Waals surface area contributed by atoms with Gasteiger partial charge in [0, 0.05) is 13.3 Å². The Kier molecular flexibility index (Phi) is 20.3. The molecule has 1 rings (SSSR count). The zero-order valence-electron chi connectivity index (χ0n) is 31.6. The van der Waals surface area contributed by atoms with Crippen LogP contribution in [0.15, 0.2) is 0 Å². The fourth-order valence-electron chi connectivity index (χ4n) is 5.16. The van der Waals surface area contributed by atoms with E-state index in [-0.39, 0.29) is 19.3 Å². The van der Waals surface area contributed by atoms with Crippen LogP contribution < -0.4 is 43.4 Å². The molecule has 0 aromatic rings. The van der Waals surface area contributed by atoms with Gasteiger partial charge in [-0.1, -0.05) is 0 Å². The van der Waals surface area contributed by atoms with Gasteiger partial charge in [0.2, 0.25) is 41.4 Å². The average molecular weight is 807 g/mol. The lowest BCUT2D eigenvalue weighted by Gasteiger charge is -2.43. The number of aliphatic hydroxyl groups is 3. The third-order valence-electron chi connectivity index (χ3n) is 8.51. The quantitative estimate of drug-likeness (QED) is 0.0457. The third kappa shape index (κ3) is 16.0. The first-order chi connectivity index (χ1) is 26.0. The van der Waals surface area contributed by atoms with Crippen LogP contribution in [0.4, 0.5) is 0 Å². The summed E-state index contributed by atoms with van der Waals surface area (Å²) in [7, 11) is 0. The minimum Gasteiger partial charge on any atom is -0.480 e. The van der Waals surface area contributed by atoms with Crippen LogP contribution in [-0.2, 0) is 52.6 Å². The van der Waals surface area contributed by atoms with Crippen molar-refractivity contribution in [2.45, 2.75) is 140 Å². The van der Waals surface area contributed by atoms with Gasteiger partial charge in [-0.05, 0) is 53.4 Å². The van der Waals surface area contributed by atoms with E-state index in [2.05, 4.69) is 31.9 Å². The second-order valence-electron chi connectivity index (χ2n) is 13.2. The van der Waals surface area contributed by atoms with Crippen LogP contribution in [0.25, 0.3) is 0 Å². The highest BCUT2D eigenvalue weighted by molar-refractivity contribution is 5.94. The number of amides is 7. The number of aliphatic carboxylic acids is 2. The van der Waals surface area contributed by atoms with E-state index >= 15 is 0 Å². The molecule has 24 heteroatoms. The van der Waals surface area contributed by atoms with Crippen LogP contribution in [0.3, 0.4) is 0 Å². The van der Waals surface area contributed by atoms with Crippen LogP contribution in [0, 0.1) is 0 Å². The first kappa shape index (κ1) is 49.0. The summed E-state index contributed by atoms with van der Waals surface area (Å²) in [5.74, 6) is -8.82. The van der Waals surface area contributed by atoms with Crippen molar-refractivity contribution in [3.8, 4) is 0 Å².